The van der Waals surface area contributed by atoms with Gasteiger partial charge in [0.1, 0.15) is 5.52 Å². The van der Waals surface area contributed by atoms with Crippen LogP contribution in [0.1, 0.15) is 0 Å². The van der Waals surface area contributed by atoms with Crippen molar-refractivity contribution in [2.24, 2.45) is 0 Å². The molecule has 1 N–H and O–H groups in total. The number of rotatable bonds is 0. The zero-order valence-corrected chi connectivity index (χ0v) is 6.33. The fraction of sp³-hybridized carbons (Fsp3) is 0. The molecule has 1 aromatic heterocycles. The molecule has 0 fully saturated rings. The van der Waals surface area contributed by atoms with E-state index in [0.717, 1.165) is 12.3 Å². The summed E-state index contributed by atoms with van der Waals surface area (Å²) in [5.74, 6) is -2.54. The van der Waals surface area contributed by atoms with Gasteiger partial charge in [0.05, 0.1) is 11.7 Å². The first kappa shape index (κ1) is 7.85. The molecule has 13 heavy (non-hydrogen) atoms. The Morgan fingerprint density at radius 3 is 2.77 bits per heavy atom. The van der Waals surface area contributed by atoms with Crippen LogP contribution in [0.5, 0.6) is 5.88 Å². The fourth-order valence-electron chi connectivity index (χ4n) is 1.01. The monoisotopic (exact) mass is 182 g/mol. The van der Waals surface area contributed by atoms with Crippen molar-refractivity contribution < 1.29 is 13.9 Å². The average Bonchev–Trinajstić information content (AvgIpc) is 2.12. The van der Waals surface area contributed by atoms with E-state index in [1.807, 2.05) is 0 Å². The van der Waals surface area contributed by atoms with E-state index in [1.165, 1.54) is 6.07 Å². The van der Waals surface area contributed by atoms with Crippen molar-refractivity contribution in [1.29, 1.82) is 0 Å². The largest absolute Gasteiger partial charge is 0.492 e. The van der Waals surface area contributed by atoms with Crippen molar-refractivity contribution >= 4 is 11.0 Å². The maximum absolute atomic E-state index is 13.0. The second-order valence-electron chi connectivity index (χ2n) is 2.46. The van der Waals surface area contributed by atoms with E-state index >= 15 is 0 Å². The van der Waals surface area contributed by atoms with Crippen LogP contribution in [-0.2, 0) is 0 Å². The Balaban J connectivity index is 2.89. The normalized spacial score (nSPS) is 10.6. The van der Waals surface area contributed by atoms with Gasteiger partial charge in [-0.05, 0) is 12.1 Å². The summed E-state index contributed by atoms with van der Waals surface area (Å²) in [6, 6.07) is 2.25. The molecule has 0 amide bonds. The molecule has 3 nitrogen and oxygen atoms in total. The van der Waals surface area contributed by atoms with Gasteiger partial charge in [0, 0.05) is 0 Å². The molecule has 0 radical (unpaired) electrons. The van der Waals surface area contributed by atoms with Crippen LogP contribution in [0.25, 0.3) is 11.0 Å². The van der Waals surface area contributed by atoms with Gasteiger partial charge in [-0.1, -0.05) is 0 Å². The minimum atomic E-state index is -1.10. The van der Waals surface area contributed by atoms with Crippen LogP contribution < -0.4 is 0 Å². The van der Waals surface area contributed by atoms with E-state index in [9.17, 15) is 8.78 Å². The van der Waals surface area contributed by atoms with Gasteiger partial charge in [0.25, 0.3) is 0 Å². The van der Waals surface area contributed by atoms with E-state index in [2.05, 4.69) is 9.97 Å². The summed E-state index contributed by atoms with van der Waals surface area (Å²) in [4.78, 5) is 7.08. The fourth-order valence-corrected chi connectivity index (χ4v) is 1.01. The first-order chi connectivity index (χ1) is 6.18. The van der Waals surface area contributed by atoms with Crippen molar-refractivity contribution in [2.45, 2.75) is 0 Å². The summed E-state index contributed by atoms with van der Waals surface area (Å²) in [7, 11) is 0. The number of fused-ring (bicyclic) bond motifs is 1. The van der Waals surface area contributed by atoms with Crippen LogP contribution in [-0.4, -0.2) is 15.1 Å². The van der Waals surface area contributed by atoms with Crippen LogP contribution in [0.15, 0.2) is 18.3 Å². The third-order valence-electron chi connectivity index (χ3n) is 1.59. The number of hydrogen-bond donors (Lipinski definition) is 1. The minimum absolute atomic E-state index is 0.205. The van der Waals surface area contributed by atoms with Crippen LogP contribution in [0.2, 0.25) is 0 Å². The average molecular weight is 182 g/mol. The third-order valence-corrected chi connectivity index (χ3v) is 1.59. The summed E-state index contributed by atoms with van der Waals surface area (Å²) in [5, 5.41) is 8.88. The topological polar surface area (TPSA) is 46.0 Å². The summed E-state index contributed by atoms with van der Waals surface area (Å²) in [6.07, 6.45) is 1.07. The highest BCUT2D eigenvalue weighted by molar-refractivity contribution is 5.74. The number of aromatic hydroxyl groups is 1. The Morgan fingerprint density at radius 2 is 2.00 bits per heavy atom. The van der Waals surface area contributed by atoms with E-state index in [4.69, 9.17) is 5.11 Å². The summed E-state index contributed by atoms with van der Waals surface area (Å²) in [6.45, 7) is 0. The quantitative estimate of drug-likeness (QED) is 0.673. The molecule has 0 unspecified atom stereocenters. The lowest BCUT2D eigenvalue weighted by molar-refractivity contribution is 0.451. The molecule has 0 saturated carbocycles. The number of halogens is 2. The lowest BCUT2D eigenvalue weighted by Gasteiger charge is -1.98. The van der Waals surface area contributed by atoms with Crippen molar-refractivity contribution in [3.05, 3.63) is 30.0 Å². The zero-order chi connectivity index (χ0) is 9.42. The molecule has 5 heteroatoms. The maximum atomic E-state index is 13.0. The van der Waals surface area contributed by atoms with Gasteiger partial charge in [-0.3, -0.25) is 0 Å². The standard InChI is InChI=1S/C8H4F2N2O/c9-4-1-2-5-8(7(4)10)12-6(13)3-11-5/h1-3H,(H,12,13). The lowest BCUT2D eigenvalue weighted by atomic mass is 10.3. The van der Waals surface area contributed by atoms with Gasteiger partial charge >= 0.3 is 0 Å². The Hall–Kier alpha value is -1.78. The Bertz CT molecular complexity index is 468. The number of hydrogen-bond acceptors (Lipinski definition) is 3. The van der Waals surface area contributed by atoms with Crippen molar-refractivity contribution in [3.8, 4) is 5.88 Å². The zero-order valence-electron chi connectivity index (χ0n) is 6.33. The number of aromatic nitrogens is 2. The molecular weight excluding hydrogens is 178 g/mol. The molecule has 1 aromatic carbocycles. The maximum Gasteiger partial charge on any atom is 0.230 e. The second kappa shape index (κ2) is 2.62. The summed E-state index contributed by atoms with van der Waals surface area (Å²) >= 11 is 0. The first-order valence-corrected chi connectivity index (χ1v) is 3.48. The van der Waals surface area contributed by atoms with Crippen molar-refractivity contribution in [2.75, 3.05) is 0 Å². The molecule has 0 aliphatic heterocycles. The predicted molar refractivity (Wildman–Crippen MR) is 41.1 cm³/mol. The van der Waals surface area contributed by atoms with Crippen LogP contribution >= 0.6 is 0 Å². The molecule has 0 spiro atoms. The van der Waals surface area contributed by atoms with Crippen LogP contribution in [0.4, 0.5) is 8.78 Å². The van der Waals surface area contributed by atoms with E-state index < -0.39 is 17.5 Å². The van der Waals surface area contributed by atoms with Gasteiger partial charge in [-0.15, -0.1) is 0 Å². The van der Waals surface area contributed by atoms with Crippen molar-refractivity contribution in [1.82, 2.24) is 9.97 Å². The predicted octanol–water partition coefficient (Wildman–Crippen LogP) is 1.61. The molecule has 2 aromatic rings. The van der Waals surface area contributed by atoms with Gasteiger partial charge in [-0.2, -0.15) is 0 Å². The van der Waals surface area contributed by atoms with E-state index in [1.54, 1.807) is 0 Å². The van der Waals surface area contributed by atoms with E-state index in [-0.39, 0.29) is 11.0 Å². The second-order valence-corrected chi connectivity index (χ2v) is 2.46. The first-order valence-electron chi connectivity index (χ1n) is 3.48. The Kier molecular flexibility index (Phi) is 1.58. The smallest absolute Gasteiger partial charge is 0.230 e. The molecule has 0 aliphatic carbocycles. The van der Waals surface area contributed by atoms with Crippen LogP contribution in [0, 0.1) is 11.6 Å². The highest BCUT2D eigenvalue weighted by Gasteiger charge is 2.09. The van der Waals surface area contributed by atoms with Gasteiger partial charge in [-0.25, -0.2) is 18.7 Å². The molecule has 0 atom stereocenters. The summed E-state index contributed by atoms with van der Waals surface area (Å²) in [5.41, 5.74) is -0.0586. The van der Waals surface area contributed by atoms with Crippen LogP contribution in [0.3, 0.4) is 0 Å². The highest BCUT2D eigenvalue weighted by Crippen LogP contribution is 2.18. The summed E-state index contributed by atoms with van der Waals surface area (Å²) < 4.78 is 25.6. The molecule has 0 saturated heterocycles. The van der Waals surface area contributed by atoms with Gasteiger partial charge in [0.15, 0.2) is 11.6 Å². The SMILES string of the molecule is Oc1cnc2ccc(F)c(F)c2n1. The molecule has 1 heterocycles. The lowest BCUT2D eigenvalue weighted by Crippen LogP contribution is -1.91. The number of benzene rings is 1. The van der Waals surface area contributed by atoms with E-state index in [0.29, 0.717) is 0 Å². The number of nitrogens with zero attached hydrogens (tertiary/aromatic N) is 2. The molecular formula is C8H4F2N2O. The minimum Gasteiger partial charge on any atom is -0.492 e. The molecule has 66 valence electrons. The van der Waals surface area contributed by atoms with Crippen molar-refractivity contribution in [3.63, 3.8) is 0 Å². The molecule has 0 aliphatic rings. The van der Waals surface area contributed by atoms with Gasteiger partial charge < -0.3 is 5.11 Å². The third kappa shape index (κ3) is 1.18. The Morgan fingerprint density at radius 1 is 1.23 bits per heavy atom. The van der Waals surface area contributed by atoms with Gasteiger partial charge in [0.2, 0.25) is 5.88 Å². The highest BCUT2D eigenvalue weighted by atomic mass is 19.2. The molecule has 2 rings (SSSR count). The molecule has 0 bridgehead atoms. The Labute approximate surface area is 71.7 Å².